The van der Waals surface area contributed by atoms with Crippen molar-refractivity contribution in [1.82, 2.24) is 14.9 Å². The number of rotatable bonds is 9. The van der Waals surface area contributed by atoms with Crippen molar-refractivity contribution in [1.29, 1.82) is 0 Å². The molecule has 1 amide bonds. The van der Waals surface area contributed by atoms with Gasteiger partial charge in [-0.1, -0.05) is 23.9 Å². The van der Waals surface area contributed by atoms with Crippen LogP contribution >= 0.6 is 11.8 Å². The number of fused-ring (bicyclic) bond motifs is 1. The standard InChI is InChI=1S/C25H26F3N3O4S/c1-2-34-23(33)17-7-10-21-20(12-17)30-24(36-15-22(32)29-13-19-4-3-11-35-19)31(21)14-16-5-8-18(9-6-16)25(26,27)28/h5-10,12,19H,2-4,11,13-15H2,1H3,(H,29,32)/t19-/m1/s1. The molecule has 2 heterocycles. The number of alkyl halides is 3. The molecule has 1 aromatic heterocycles. The van der Waals surface area contributed by atoms with E-state index in [2.05, 4.69) is 10.3 Å². The third kappa shape index (κ3) is 6.38. The van der Waals surface area contributed by atoms with Gasteiger partial charge in [-0.05, 0) is 55.7 Å². The Morgan fingerprint density at radius 2 is 2.00 bits per heavy atom. The van der Waals surface area contributed by atoms with Crippen LogP contribution < -0.4 is 5.32 Å². The predicted molar refractivity (Wildman–Crippen MR) is 129 cm³/mol. The van der Waals surface area contributed by atoms with Crippen LogP contribution in [0, 0.1) is 0 Å². The van der Waals surface area contributed by atoms with E-state index in [1.807, 2.05) is 4.57 Å². The van der Waals surface area contributed by atoms with E-state index in [-0.39, 0.29) is 30.9 Å². The first-order chi connectivity index (χ1) is 17.2. The van der Waals surface area contributed by atoms with Gasteiger partial charge in [0, 0.05) is 13.2 Å². The Bertz CT molecular complexity index is 1220. The summed E-state index contributed by atoms with van der Waals surface area (Å²) in [6.45, 7) is 3.35. The molecule has 0 bridgehead atoms. The molecule has 36 heavy (non-hydrogen) atoms. The van der Waals surface area contributed by atoms with Crippen molar-refractivity contribution in [2.24, 2.45) is 0 Å². The topological polar surface area (TPSA) is 82.4 Å². The first-order valence-electron chi connectivity index (χ1n) is 11.6. The average Bonchev–Trinajstić information content (AvgIpc) is 3.49. The molecule has 1 atom stereocenters. The molecule has 1 aliphatic heterocycles. The van der Waals surface area contributed by atoms with Gasteiger partial charge in [-0.2, -0.15) is 13.2 Å². The number of hydrogen-bond acceptors (Lipinski definition) is 6. The van der Waals surface area contributed by atoms with Crippen molar-refractivity contribution in [3.8, 4) is 0 Å². The molecule has 0 saturated carbocycles. The van der Waals surface area contributed by atoms with Crippen LogP contribution in [0.4, 0.5) is 13.2 Å². The first-order valence-corrected chi connectivity index (χ1v) is 12.6. The molecule has 1 saturated heterocycles. The third-order valence-corrected chi connectivity index (χ3v) is 6.71. The summed E-state index contributed by atoms with van der Waals surface area (Å²) in [5, 5.41) is 3.38. The molecule has 0 unspecified atom stereocenters. The summed E-state index contributed by atoms with van der Waals surface area (Å²) in [6.07, 6.45) is -2.48. The van der Waals surface area contributed by atoms with Gasteiger partial charge in [0.05, 0.1) is 47.2 Å². The Labute approximate surface area is 210 Å². The Balaban J connectivity index is 1.56. The molecule has 11 heteroatoms. The van der Waals surface area contributed by atoms with Crippen LogP contribution in [-0.2, 0) is 27.0 Å². The van der Waals surface area contributed by atoms with Gasteiger partial charge in [-0.15, -0.1) is 0 Å². The fraction of sp³-hybridized carbons (Fsp3) is 0.400. The molecular weight excluding hydrogens is 495 g/mol. The van der Waals surface area contributed by atoms with E-state index in [0.717, 1.165) is 25.0 Å². The second kappa shape index (κ2) is 11.3. The minimum Gasteiger partial charge on any atom is -0.462 e. The number of carbonyl (C=O) groups is 2. The first kappa shape index (κ1) is 26.0. The number of ether oxygens (including phenoxy) is 2. The number of carbonyl (C=O) groups excluding carboxylic acids is 2. The number of esters is 1. The fourth-order valence-corrected chi connectivity index (χ4v) is 4.75. The van der Waals surface area contributed by atoms with Gasteiger partial charge in [-0.25, -0.2) is 9.78 Å². The molecule has 1 aliphatic rings. The number of amides is 1. The maximum absolute atomic E-state index is 13.0. The number of nitrogens with one attached hydrogen (secondary N) is 1. The molecule has 0 radical (unpaired) electrons. The highest BCUT2D eigenvalue weighted by Crippen LogP contribution is 2.30. The van der Waals surface area contributed by atoms with Gasteiger partial charge >= 0.3 is 12.1 Å². The number of aromatic nitrogens is 2. The predicted octanol–water partition coefficient (Wildman–Crippen LogP) is 4.67. The lowest BCUT2D eigenvalue weighted by atomic mass is 10.1. The maximum atomic E-state index is 13.0. The zero-order valence-electron chi connectivity index (χ0n) is 19.6. The Morgan fingerprint density at radius 1 is 1.22 bits per heavy atom. The van der Waals surface area contributed by atoms with Crippen molar-refractivity contribution >= 4 is 34.7 Å². The number of nitrogens with zero attached hydrogens (tertiary/aromatic N) is 2. The summed E-state index contributed by atoms with van der Waals surface area (Å²) in [4.78, 5) is 29.2. The molecule has 1 N–H and O–H groups in total. The van der Waals surface area contributed by atoms with Crippen LogP contribution in [0.1, 0.15) is 41.3 Å². The van der Waals surface area contributed by atoms with Crippen molar-refractivity contribution in [2.75, 3.05) is 25.5 Å². The maximum Gasteiger partial charge on any atom is 0.416 e. The summed E-state index contributed by atoms with van der Waals surface area (Å²) in [5.74, 6) is -0.538. The smallest absolute Gasteiger partial charge is 0.416 e. The van der Waals surface area contributed by atoms with Crippen LogP contribution in [0.25, 0.3) is 11.0 Å². The summed E-state index contributed by atoms with van der Waals surface area (Å²) >= 11 is 1.22. The molecule has 7 nitrogen and oxygen atoms in total. The monoisotopic (exact) mass is 521 g/mol. The number of thioether (sulfide) groups is 1. The fourth-order valence-electron chi connectivity index (χ4n) is 3.91. The van der Waals surface area contributed by atoms with Crippen molar-refractivity contribution in [3.05, 3.63) is 59.2 Å². The minimum absolute atomic E-state index is 0.0319. The number of hydrogen-bond donors (Lipinski definition) is 1. The third-order valence-electron chi connectivity index (χ3n) is 5.73. The quantitative estimate of drug-likeness (QED) is 0.326. The Morgan fingerprint density at radius 3 is 2.67 bits per heavy atom. The molecule has 192 valence electrons. The highest BCUT2D eigenvalue weighted by Gasteiger charge is 2.30. The van der Waals surface area contributed by atoms with Crippen LogP contribution in [-0.4, -0.2) is 53.0 Å². The van der Waals surface area contributed by atoms with Crippen LogP contribution in [0.15, 0.2) is 47.6 Å². The van der Waals surface area contributed by atoms with E-state index in [1.54, 1.807) is 25.1 Å². The summed E-state index contributed by atoms with van der Waals surface area (Å²) in [6, 6.07) is 9.87. The molecule has 2 aromatic carbocycles. The second-order valence-corrected chi connectivity index (χ2v) is 9.27. The lowest BCUT2D eigenvalue weighted by Gasteiger charge is -2.12. The summed E-state index contributed by atoms with van der Waals surface area (Å²) in [7, 11) is 0. The zero-order chi connectivity index (χ0) is 25.7. The SMILES string of the molecule is CCOC(=O)c1ccc2c(c1)nc(SCC(=O)NC[C@H]1CCCO1)n2Cc1ccc(C(F)(F)F)cc1. The number of imidazole rings is 1. The second-order valence-electron chi connectivity index (χ2n) is 8.33. The summed E-state index contributed by atoms with van der Waals surface area (Å²) < 4.78 is 51.3. The molecule has 4 rings (SSSR count). The van der Waals surface area contributed by atoms with Crippen LogP contribution in [0.3, 0.4) is 0 Å². The molecule has 0 aliphatic carbocycles. The van der Waals surface area contributed by atoms with E-state index in [4.69, 9.17) is 9.47 Å². The molecule has 1 fully saturated rings. The van der Waals surface area contributed by atoms with E-state index >= 15 is 0 Å². The van der Waals surface area contributed by atoms with Gasteiger partial charge in [0.25, 0.3) is 0 Å². The molecule has 3 aromatic rings. The van der Waals surface area contributed by atoms with E-state index in [0.29, 0.717) is 40.5 Å². The molecular formula is C25H26F3N3O4S. The highest BCUT2D eigenvalue weighted by molar-refractivity contribution is 7.99. The van der Waals surface area contributed by atoms with E-state index < -0.39 is 17.7 Å². The average molecular weight is 522 g/mol. The van der Waals surface area contributed by atoms with Gasteiger partial charge < -0.3 is 19.4 Å². The minimum atomic E-state index is -4.42. The van der Waals surface area contributed by atoms with Crippen LogP contribution in [0.2, 0.25) is 0 Å². The summed E-state index contributed by atoms with van der Waals surface area (Å²) in [5.41, 5.74) is 1.47. The number of benzene rings is 2. The van der Waals surface area contributed by atoms with E-state index in [1.165, 1.54) is 23.9 Å². The molecule has 0 spiro atoms. The van der Waals surface area contributed by atoms with Gasteiger partial charge in [0.15, 0.2) is 5.16 Å². The van der Waals surface area contributed by atoms with Crippen molar-refractivity contribution in [2.45, 2.75) is 43.7 Å². The van der Waals surface area contributed by atoms with Crippen molar-refractivity contribution in [3.63, 3.8) is 0 Å². The van der Waals surface area contributed by atoms with E-state index in [9.17, 15) is 22.8 Å². The Hall–Kier alpha value is -3.05. The van der Waals surface area contributed by atoms with Crippen LogP contribution in [0.5, 0.6) is 0 Å². The van der Waals surface area contributed by atoms with Gasteiger partial charge in [0.2, 0.25) is 5.91 Å². The Kier molecular flexibility index (Phi) is 8.20. The van der Waals surface area contributed by atoms with Gasteiger partial charge in [0.1, 0.15) is 0 Å². The lowest BCUT2D eigenvalue weighted by Crippen LogP contribution is -2.32. The lowest BCUT2D eigenvalue weighted by molar-refractivity contribution is -0.137. The van der Waals surface area contributed by atoms with Gasteiger partial charge in [-0.3, -0.25) is 4.79 Å². The highest BCUT2D eigenvalue weighted by atomic mass is 32.2. The largest absolute Gasteiger partial charge is 0.462 e. The number of halogens is 3. The normalized spacial score (nSPS) is 15.8. The zero-order valence-corrected chi connectivity index (χ0v) is 20.5. The van der Waals surface area contributed by atoms with Crippen molar-refractivity contribution < 1.29 is 32.2 Å².